The van der Waals surface area contributed by atoms with Gasteiger partial charge in [-0.15, -0.1) is 0 Å². The van der Waals surface area contributed by atoms with E-state index >= 15 is 0 Å². The minimum absolute atomic E-state index is 0.520. The van der Waals surface area contributed by atoms with E-state index in [1.54, 1.807) is 0 Å². The summed E-state index contributed by atoms with van der Waals surface area (Å²) in [6.07, 6.45) is 18.7. The summed E-state index contributed by atoms with van der Waals surface area (Å²) < 4.78 is 0. The zero-order chi connectivity index (χ0) is 11.9. The zero-order valence-corrected chi connectivity index (χ0v) is 11.5. The lowest BCUT2D eigenvalue weighted by Crippen LogP contribution is -2.37. The SMILES string of the molecule is NC(C1CCCCCCC1)C1CCCCCC1. The third-order valence-electron chi connectivity index (χ3n) is 5.14. The lowest BCUT2D eigenvalue weighted by Gasteiger charge is -2.31. The van der Waals surface area contributed by atoms with Crippen molar-refractivity contribution >= 4 is 0 Å². The maximum Gasteiger partial charge on any atom is 0.00956 e. The molecule has 1 atom stereocenters. The molecule has 100 valence electrons. The van der Waals surface area contributed by atoms with Crippen molar-refractivity contribution in [1.82, 2.24) is 0 Å². The summed E-state index contributed by atoms with van der Waals surface area (Å²) >= 11 is 0. The van der Waals surface area contributed by atoms with Crippen LogP contribution in [0, 0.1) is 11.8 Å². The van der Waals surface area contributed by atoms with E-state index in [0.717, 1.165) is 11.8 Å². The van der Waals surface area contributed by atoms with Crippen molar-refractivity contribution in [2.45, 2.75) is 89.5 Å². The molecule has 0 radical (unpaired) electrons. The fourth-order valence-electron chi connectivity index (χ4n) is 3.95. The first-order chi connectivity index (χ1) is 8.38. The van der Waals surface area contributed by atoms with Gasteiger partial charge in [0.15, 0.2) is 0 Å². The Kier molecular flexibility index (Phi) is 5.84. The highest BCUT2D eigenvalue weighted by atomic mass is 14.7. The lowest BCUT2D eigenvalue weighted by atomic mass is 9.78. The van der Waals surface area contributed by atoms with E-state index in [1.165, 1.54) is 83.5 Å². The molecule has 2 N–H and O–H groups in total. The van der Waals surface area contributed by atoms with Crippen LogP contribution in [0.3, 0.4) is 0 Å². The Morgan fingerprint density at radius 1 is 0.529 bits per heavy atom. The smallest absolute Gasteiger partial charge is 0.00956 e. The van der Waals surface area contributed by atoms with Gasteiger partial charge >= 0.3 is 0 Å². The maximum absolute atomic E-state index is 6.61. The van der Waals surface area contributed by atoms with Gasteiger partial charge in [-0.1, -0.05) is 57.8 Å². The van der Waals surface area contributed by atoms with E-state index in [9.17, 15) is 0 Å². The lowest BCUT2D eigenvalue weighted by molar-refractivity contribution is 0.241. The van der Waals surface area contributed by atoms with Gasteiger partial charge in [-0.25, -0.2) is 0 Å². The Morgan fingerprint density at radius 2 is 0.824 bits per heavy atom. The van der Waals surface area contributed by atoms with E-state index in [0.29, 0.717) is 6.04 Å². The maximum atomic E-state index is 6.61. The molecule has 0 aliphatic heterocycles. The summed E-state index contributed by atoms with van der Waals surface area (Å²) in [4.78, 5) is 0. The molecule has 0 bridgehead atoms. The summed E-state index contributed by atoms with van der Waals surface area (Å²) in [6, 6.07) is 0.520. The van der Waals surface area contributed by atoms with Crippen molar-refractivity contribution in [3.05, 3.63) is 0 Å². The third kappa shape index (κ3) is 4.28. The van der Waals surface area contributed by atoms with Crippen molar-refractivity contribution in [3.8, 4) is 0 Å². The molecule has 1 heteroatoms. The van der Waals surface area contributed by atoms with Crippen molar-refractivity contribution in [1.29, 1.82) is 0 Å². The van der Waals surface area contributed by atoms with Crippen LogP contribution in [0.25, 0.3) is 0 Å². The van der Waals surface area contributed by atoms with E-state index < -0.39 is 0 Å². The quantitative estimate of drug-likeness (QED) is 0.695. The molecule has 0 spiro atoms. The first-order valence-corrected chi connectivity index (χ1v) is 8.13. The van der Waals surface area contributed by atoms with Crippen LogP contribution in [0.5, 0.6) is 0 Å². The fraction of sp³-hybridized carbons (Fsp3) is 1.00. The Balaban J connectivity index is 1.84. The van der Waals surface area contributed by atoms with E-state index in [2.05, 4.69) is 0 Å². The molecule has 2 fully saturated rings. The second-order valence-corrected chi connectivity index (χ2v) is 6.43. The Morgan fingerprint density at radius 3 is 1.18 bits per heavy atom. The topological polar surface area (TPSA) is 26.0 Å². The van der Waals surface area contributed by atoms with Crippen LogP contribution in [0.2, 0.25) is 0 Å². The minimum atomic E-state index is 0.520. The van der Waals surface area contributed by atoms with Gasteiger partial charge in [0.2, 0.25) is 0 Å². The van der Waals surface area contributed by atoms with Crippen LogP contribution >= 0.6 is 0 Å². The standard InChI is InChI=1S/C16H31N/c17-16(15-12-8-4-5-9-13-15)14-10-6-2-1-3-7-11-14/h14-16H,1-13,17H2. The Hall–Kier alpha value is -0.0400. The van der Waals surface area contributed by atoms with E-state index in [4.69, 9.17) is 5.73 Å². The van der Waals surface area contributed by atoms with Crippen molar-refractivity contribution < 1.29 is 0 Å². The first-order valence-electron chi connectivity index (χ1n) is 8.13. The monoisotopic (exact) mass is 237 g/mol. The Bertz CT molecular complexity index is 186. The van der Waals surface area contributed by atoms with Gasteiger partial charge in [-0.3, -0.25) is 0 Å². The molecule has 0 aromatic rings. The van der Waals surface area contributed by atoms with Crippen molar-refractivity contribution in [3.63, 3.8) is 0 Å². The number of hydrogen-bond acceptors (Lipinski definition) is 1. The molecular weight excluding hydrogens is 206 g/mol. The average molecular weight is 237 g/mol. The molecular formula is C16H31N. The van der Waals surface area contributed by atoms with E-state index in [-0.39, 0.29) is 0 Å². The number of rotatable bonds is 2. The normalized spacial score (nSPS) is 28.1. The molecule has 0 heterocycles. The molecule has 2 aliphatic carbocycles. The van der Waals surface area contributed by atoms with E-state index in [1.807, 2.05) is 0 Å². The van der Waals surface area contributed by atoms with Gasteiger partial charge in [0.1, 0.15) is 0 Å². The van der Waals surface area contributed by atoms with Crippen LogP contribution in [-0.4, -0.2) is 6.04 Å². The van der Waals surface area contributed by atoms with Gasteiger partial charge in [0.25, 0.3) is 0 Å². The average Bonchev–Trinajstić information content (AvgIpc) is 2.56. The van der Waals surface area contributed by atoms with Crippen LogP contribution in [0.1, 0.15) is 83.5 Å². The van der Waals surface area contributed by atoms with Gasteiger partial charge < -0.3 is 5.73 Å². The summed E-state index contributed by atoms with van der Waals surface area (Å²) in [6.45, 7) is 0. The van der Waals surface area contributed by atoms with Gasteiger partial charge in [-0.2, -0.15) is 0 Å². The Labute approximate surface area is 108 Å². The molecule has 2 saturated carbocycles. The van der Waals surface area contributed by atoms with Gasteiger partial charge in [0.05, 0.1) is 0 Å². The predicted octanol–water partition coefficient (Wildman–Crippen LogP) is 4.64. The molecule has 0 saturated heterocycles. The fourth-order valence-corrected chi connectivity index (χ4v) is 3.95. The number of nitrogens with two attached hydrogens (primary N) is 1. The van der Waals surface area contributed by atoms with Gasteiger partial charge in [0, 0.05) is 6.04 Å². The minimum Gasteiger partial charge on any atom is -0.327 e. The van der Waals surface area contributed by atoms with Crippen LogP contribution in [0.4, 0.5) is 0 Å². The predicted molar refractivity (Wildman–Crippen MR) is 75.0 cm³/mol. The molecule has 2 rings (SSSR count). The highest BCUT2D eigenvalue weighted by Gasteiger charge is 2.26. The second kappa shape index (κ2) is 7.41. The van der Waals surface area contributed by atoms with Crippen molar-refractivity contribution in [2.24, 2.45) is 17.6 Å². The van der Waals surface area contributed by atoms with Crippen LogP contribution < -0.4 is 5.73 Å². The summed E-state index contributed by atoms with van der Waals surface area (Å²) in [7, 11) is 0. The molecule has 0 amide bonds. The van der Waals surface area contributed by atoms with Crippen LogP contribution in [-0.2, 0) is 0 Å². The highest BCUT2D eigenvalue weighted by molar-refractivity contribution is 4.82. The summed E-state index contributed by atoms with van der Waals surface area (Å²) in [5.41, 5.74) is 6.61. The zero-order valence-electron chi connectivity index (χ0n) is 11.5. The molecule has 17 heavy (non-hydrogen) atoms. The highest BCUT2D eigenvalue weighted by Crippen LogP contribution is 2.32. The largest absolute Gasteiger partial charge is 0.327 e. The third-order valence-corrected chi connectivity index (χ3v) is 5.14. The molecule has 0 aromatic carbocycles. The second-order valence-electron chi connectivity index (χ2n) is 6.43. The molecule has 1 unspecified atom stereocenters. The first kappa shape index (κ1) is 13.4. The summed E-state index contributed by atoms with van der Waals surface area (Å²) in [5, 5.41) is 0. The number of hydrogen-bond donors (Lipinski definition) is 1. The van der Waals surface area contributed by atoms with Gasteiger partial charge in [-0.05, 0) is 37.5 Å². The van der Waals surface area contributed by atoms with Crippen molar-refractivity contribution in [2.75, 3.05) is 0 Å². The summed E-state index contributed by atoms with van der Waals surface area (Å²) in [5.74, 6) is 1.69. The molecule has 0 aromatic heterocycles. The molecule has 1 nitrogen and oxygen atoms in total. The molecule has 2 aliphatic rings. The van der Waals surface area contributed by atoms with Crippen LogP contribution in [0.15, 0.2) is 0 Å².